The molecule has 0 N–H and O–H groups in total. The minimum atomic E-state index is 0.710. The Kier molecular flexibility index (Phi) is 2.31. The van der Waals surface area contributed by atoms with Crippen LogP contribution in [0.3, 0.4) is 0 Å². The maximum Gasteiger partial charge on any atom is 0.142 e. The van der Waals surface area contributed by atoms with Crippen molar-refractivity contribution >= 4 is 12.4 Å². The smallest absolute Gasteiger partial charge is 0.142 e. The molecule has 0 amide bonds. The summed E-state index contributed by atoms with van der Waals surface area (Å²) in [5, 5.41) is 0. The third-order valence-corrected chi connectivity index (χ3v) is 0.950. The van der Waals surface area contributed by atoms with E-state index in [9.17, 15) is 4.79 Å². The van der Waals surface area contributed by atoms with E-state index in [-0.39, 0.29) is 0 Å². The third-order valence-electron chi connectivity index (χ3n) is 0.950. The topological polar surface area (TPSA) is 42.9 Å². The predicted octanol–water partition coefficient (Wildman–Crippen LogP) is 0.689. The Hall–Kier alpha value is -1.51. The van der Waals surface area contributed by atoms with Gasteiger partial charge in [-0.3, -0.25) is 4.79 Å². The Balaban J connectivity index is 2.76. The molecule has 1 heterocycles. The molecule has 10 heavy (non-hydrogen) atoms. The number of carbonyl (C=O) groups excluding carboxylic acids is 1. The molecular weight excluding hydrogens is 128 g/mol. The molecule has 0 bridgehead atoms. The van der Waals surface area contributed by atoms with Crippen molar-refractivity contribution in [2.75, 3.05) is 0 Å². The molecule has 1 aromatic rings. The van der Waals surface area contributed by atoms with Crippen LogP contribution in [0, 0.1) is 0 Å². The van der Waals surface area contributed by atoms with Gasteiger partial charge in [-0.05, 0) is 18.2 Å². The van der Waals surface area contributed by atoms with Crippen molar-refractivity contribution in [3.63, 3.8) is 0 Å². The molecule has 50 valence electrons. The van der Waals surface area contributed by atoms with E-state index in [1.54, 1.807) is 18.3 Å². The summed E-state index contributed by atoms with van der Waals surface area (Å²) < 4.78 is 0. The van der Waals surface area contributed by atoms with Crippen LogP contribution in [0.4, 0.5) is 0 Å². The number of rotatable bonds is 2. The Morgan fingerprint density at radius 2 is 2.40 bits per heavy atom. The standard InChI is InChI=1S/C7H6N2O/c10-5-1-2-7-3-4-8-6-9-7/h1-6H. The summed E-state index contributed by atoms with van der Waals surface area (Å²) in [5.41, 5.74) is 0.738. The average molecular weight is 134 g/mol. The van der Waals surface area contributed by atoms with Gasteiger partial charge in [0.15, 0.2) is 0 Å². The molecule has 0 saturated carbocycles. The summed E-state index contributed by atoms with van der Waals surface area (Å²) in [6.45, 7) is 0. The van der Waals surface area contributed by atoms with Crippen molar-refractivity contribution in [3.8, 4) is 0 Å². The number of aromatic nitrogens is 2. The van der Waals surface area contributed by atoms with Gasteiger partial charge in [-0.15, -0.1) is 0 Å². The van der Waals surface area contributed by atoms with Crippen molar-refractivity contribution in [2.24, 2.45) is 0 Å². The van der Waals surface area contributed by atoms with E-state index in [0.717, 1.165) is 5.69 Å². The van der Waals surface area contributed by atoms with Gasteiger partial charge in [0.25, 0.3) is 0 Å². The average Bonchev–Trinajstić information content (AvgIpc) is 2.03. The molecule has 0 aliphatic carbocycles. The first kappa shape index (κ1) is 6.61. The maximum atomic E-state index is 9.85. The summed E-state index contributed by atoms with van der Waals surface area (Å²) in [6.07, 6.45) is 6.78. The summed E-state index contributed by atoms with van der Waals surface area (Å²) >= 11 is 0. The van der Waals surface area contributed by atoms with Gasteiger partial charge in [0.05, 0.1) is 5.69 Å². The van der Waals surface area contributed by atoms with Crippen LogP contribution >= 0.6 is 0 Å². The van der Waals surface area contributed by atoms with E-state index >= 15 is 0 Å². The lowest BCUT2D eigenvalue weighted by Gasteiger charge is -1.85. The highest BCUT2D eigenvalue weighted by Crippen LogP contribution is 1.91. The van der Waals surface area contributed by atoms with E-state index in [1.165, 1.54) is 12.4 Å². The number of hydrogen-bond acceptors (Lipinski definition) is 3. The van der Waals surface area contributed by atoms with Gasteiger partial charge in [-0.25, -0.2) is 9.97 Å². The van der Waals surface area contributed by atoms with Crippen molar-refractivity contribution in [2.45, 2.75) is 0 Å². The molecule has 0 radical (unpaired) electrons. The second kappa shape index (κ2) is 3.50. The van der Waals surface area contributed by atoms with Crippen LogP contribution in [0.1, 0.15) is 5.69 Å². The van der Waals surface area contributed by atoms with Gasteiger partial charge < -0.3 is 0 Å². The predicted molar refractivity (Wildman–Crippen MR) is 37.1 cm³/mol. The second-order valence-electron chi connectivity index (χ2n) is 1.63. The molecule has 1 rings (SSSR count). The highest BCUT2D eigenvalue weighted by atomic mass is 16.1. The summed E-state index contributed by atoms with van der Waals surface area (Å²) in [7, 11) is 0. The van der Waals surface area contributed by atoms with Crippen molar-refractivity contribution in [3.05, 3.63) is 30.4 Å². The first-order chi connectivity index (χ1) is 4.93. The van der Waals surface area contributed by atoms with Gasteiger partial charge in [0.1, 0.15) is 12.6 Å². The fourth-order valence-corrected chi connectivity index (χ4v) is 0.537. The molecule has 3 heteroatoms. The molecule has 0 aliphatic heterocycles. The number of aldehydes is 1. The zero-order chi connectivity index (χ0) is 7.23. The largest absolute Gasteiger partial charge is 0.299 e. The van der Waals surface area contributed by atoms with E-state index in [1.807, 2.05) is 0 Å². The van der Waals surface area contributed by atoms with Gasteiger partial charge >= 0.3 is 0 Å². The quantitative estimate of drug-likeness (QED) is 0.441. The summed E-state index contributed by atoms with van der Waals surface area (Å²) in [5.74, 6) is 0. The van der Waals surface area contributed by atoms with E-state index in [4.69, 9.17) is 0 Å². The third kappa shape index (κ3) is 1.78. The molecule has 0 saturated heterocycles. The van der Waals surface area contributed by atoms with Crippen LogP contribution in [-0.4, -0.2) is 16.3 Å². The molecule has 3 nitrogen and oxygen atoms in total. The lowest BCUT2D eigenvalue weighted by atomic mass is 10.4. The lowest BCUT2D eigenvalue weighted by Crippen LogP contribution is -1.79. The normalized spacial score (nSPS) is 10.0. The SMILES string of the molecule is O=CC=Cc1ccncn1. The van der Waals surface area contributed by atoms with Crippen LogP contribution in [0.25, 0.3) is 6.08 Å². The van der Waals surface area contributed by atoms with E-state index in [2.05, 4.69) is 9.97 Å². The first-order valence-corrected chi connectivity index (χ1v) is 2.81. The molecule has 0 aromatic carbocycles. The van der Waals surface area contributed by atoms with Crippen molar-refractivity contribution in [1.29, 1.82) is 0 Å². The zero-order valence-corrected chi connectivity index (χ0v) is 5.27. The Morgan fingerprint density at radius 1 is 1.50 bits per heavy atom. The minimum absolute atomic E-state index is 0.710. The van der Waals surface area contributed by atoms with Gasteiger partial charge in [0.2, 0.25) is 0 Å². The van der Waals surface area contributed by atoms with Crippen LogP contribution in [0.5, 0.6) is 0 Å². The van der Waals surface area contributed by atoms with Crippen LogP contribution in [0.15, 0.2) is 24.7 Å². The first-order valence-electron chi connectivity index (χ1n) is 2.81. The second-order valence-corrected chi connectivity index (χ2v) is 1.63. The van der Waals surface area contributed by atoms with Crippen molar-refractivity contribution in [1.82, 2.24) is 9.97 Å². The molecule has 1 aromatic heterocycles. The van der Waals surface area contributed by atoms with E-state index < -0.39 is 0 Å². The monoisotopic (exact) mass is 134 g/mol. The molecule has 0 fully saturated rings. The molecule has 0 atom stereocenters. The van der Waals surface area contributed by atoms with Gasteiger partial charge in [-0.1, -0.05) is 0 Å². The highest BCUT2D eigenvalue weighted by molar-refractivity contribution is 5.72. The molecule has 0 aliphatic rings. The zero-order valence-electron chi connectivity index (χ0n) is 5.27. The number of hydrogen-bond donors (Lipinski definition) is 0. The van der Waals surface area contributed by atoms with Gasteiger partial charge in [0, 0.05) is 6.20 Å². The number of allylic oxidation sites excluding steroid dienone is 1. The molecule has 0 spiro atoms. The van der Waals surface area contributed by atoms with Crippen molar-refractivity contribution < 1.29 is 4.79 Å². The fraction of sp³-hybridized carbons (Fsp3) is 0. The Morgan fingerprint density at radius 3 is 3.00 bits per heavy atom. The number of carbonyl (C=O) groups is 1. The van der Waals surface area contributed by atoms with Crippen LogP contribution in [-0.2, 0) is 4.79 Å². The number of nitrogens with zero attached hydrogens (tertiary/aromatic N) is 2. The molecule has 0 unspecified atom stereocenters. The fourth-order valence-electron chi connectivity index (χ4n) is 0.537. The van der Waals surface area contributed by atoms with Crippen LogP contribution < -0.4 is 0 Å². The lowest BCUT2D eigenvalue weighted by molar-refractivity contribution is -0.104. The van der Waals surface area contributed by atoms with E-state index in [0.29, 0.717) is 6.29 Å². The molecular formula is C7H6N2O. The Labute approximate surface area is 58.4 Å². The maximum absolute atomic E-state index is 9.85. The summed E-state index contributed by atoms with van der Waals surface area (Å²) in [6, 6.07) is 1.72. The Bertz CT molecular complexity index is 231. The van der Waals surface area contributed by atoms with Gasteiger partial charge in [-0.2, -0.15) is 0 Å². The van der Waals surface area contributed by atoms with Crippen LogP contribution in [0.2, 0.25) is 0 Å². The highest BCUT2D eigenvalue weighted by Gasteiger charge is 1.81. The summed E-state index contributed by atoms with van der Waals surface area (Å²) in [4.78, 5) is 17.4. The minimum Gasteiger partial charge on any atom is -0.299 e.